The summed E-state index contributed by atoms with van der Waals surface area (Å²) in [6.45, 7) is 3.06. The highest BCUT2D eigenvalue weighted by Gasteiger charge is 2.22. The molecule has 4 rings (SSSR count). The van der Waals surface area contributed by atoms with Gasteiger partial charge < -0.3 is 9.80 Å². The molecular weight excluding hydrogens is 392 g/mol. The van der Waals surface area contributed by atoms with Gasteiger partial charge in [-0.05, 0) is 30.3 Å². The molecule has 0 N–H and O–H groups in total. The van der Waals surface area contributed by atoms with Crippen molar-refractivity contribution in [2.24, 2.45) is 0 Å². The first-order valence-corrected chi connectivity index (χ1v) is 10.5. The molecule has 28 heavy (non-hydrogen) atoms. The van der Waals surface area contributed by atoms with Crippen LogP contribution in [0.1, 0.15) is 16.4 Å². The van der Waals surface area contributed by atoms with Gasteiger partial charge in [-0.1, -0.05) is 23.7 Å². The van der Waals surface area contributed by atoms with Gasteiger partial charge in [0.25, 0.3) is 0 Å². The van der Waals surface area contributed by atoms with E-state index >= 15 is 0 Å². The average molecular weight is 413 g/mol. The average Bonchev–Trinajstić information content (AvgIpc) is 3.15. The van der Waals surface area contributed by atoms with E-state index in [9.17, 15) is 4.79 Å². The lowest BCUT2D eigenvalue weighted by Gasteiger charge is -2.36. The molecule has 0 atom stereocenters. The van der Waals surface area contributed by atoms with E-state index in [1.165, 1.54) is 0 Å². The predicted molar refractivity (Wildman–Crippen MR) is 113 cm³/mol. The summed E-state index contributed by atoms with van der Waals surface area (Å²) in [6, 6.07) is 13.7. The normalized spacial score (nSPS) is 14.3. The topological polar surface area (TPSA) is 49.3 Å². The Morgan fingerprint density at radius 1 is 1.07 bits per heavy atom. The lowest BCUT2D eigenvalue weighted by molar-refractivity contribution is -0.130. The van der Waals surface area contributed by atoms with Crippen LogP contribution in [-0.4, -0.2) is 47.0 Å². The summed E-state index contributed by atoms with van der Waals surface area (Å²) in [7, 11) is 0. The smallest absolute Gasteiger partial charge is 0.228 e. The largest absolute Gasteiger partial charge is 0.368 e. The van der Waals surface area contributed by atoms with Crippen molar-refractivity contribution in [3.05, 3.63) is 75.5 Å². The maximum atomic E-state index is 12.7. The van der Waals surface area contributed by atoms with Crippen LogP contribution in [0.4, 0.5) is 5.69 Å². The third kappa shape index (κ3) is 4.69. The lowest BCUT2D eigenvalue weighted by Crippen LogP contribution is -2.49. The number of anilines is 1. The van der Waals surface area contributed by atoms with E-state index in [1.54, 1.807) is 17.5 Å². The number of aromatic nitrogens is 2. The Balaban J connectivity index is 1.30. The first-order chi connectivity index (χ1) is 13.7. The number of nitrogens with zero attached hydrogens (tertiary/aromatic N) is 4. The number of carbonyl (C=O) groups excluding carboxylic acids is 1. The molecular formula is C21H21ClN4OS. The van der Waals surface area contributed by atoms with Crippen LogP contribution in [0.5, 0.6) is 0 Å². The monoisotopic (exact) mass is 412 g/mol. The van der Waals surface area contributed by atoms with Crippen LogP contribution < -0.4 is 4.90 Å². The van der Waals surface area contributed by atoms with E-state index in [0.717, 1.165) is 53.3 Å². The molecule has 0 unspecified atom stereocenters. The predicted octanol–water partition coefficient (Wildman–Crippen LogP) is 3.67. The van der Waals surface area contributed by atoms with Crippen LogP contribution in [0.3, 0.4) is 0 Å². The van der Waals surface area contributed by atoms with Crippen molar-refractivity contribution in [1.29, 1.82) is 0 Å². The molecule has 2 aromatic heterocycles. The zero-order valence-corrected chi connectivity index (χ0v) is 17.0. The van der Waals surface area contributed by atoms with Gasteiger partial charge in [0.05, 0.1) is 17.1 Å². The van der Waals surface area contributed by atoms with E-state index in [1.807, 2.05) is 46.7 Å². The minimum absolute atomic E-state index is 0.139. The minimum Gasteiger partial charge on any atom is -0.368 e. The fourth-order valence-electron chi connectivity index (χ4n) is 3.32. The van der Waals surface area contributed by atoms with Crippen LogP contribution >= 0.6 is 22.9 Å². The Hall–Kier alpha value is -2.44. The van der Waals surface area contributed by atoms with Crippen LogP contribution in [0, 0.1) is 0 Å². The fourth-order valence-corrected chi connectivity index (χ4v) is 4.32. The molecule has 144 valence electrons. The van der Waals surface area contributed by atoms with E-state index in [4.69, 9.17) is 11.6 Å². The van der Waals surface area contributed by atoms with Gasteiger partial charge in [0.2, 0.25) is 5.91 Å². The van der Waals surface area contributed by atoms with E-state index in [0.29, 0.717) is 12.8 Å². The molecule has 1 aliphatic heterocycles. The number of halogens is 1. The summed E-state index contributed by atoms with van der Waals surface area (Å²) in [5.41, 5.74) is 2.95. The molecule has 1 fully saturated rings. The molecule has 3 aromatic rings. The molecule has 0 aliphatic carbocycles. The second-order valence-electron chi connectivity index (χ2n) is 6.75. The van der Waals surface area contributed by atoms with Gasteiger partial charge in [-0.25, -0.2) is 4.98 Å². The first-order valence-electron chi connectivity index (χ1n) is 9.29. The highest BCUT2D eigenvalue weighted by molar-refractivity contribution is 7.09. The number of hydrogen-bond donors (Lipinski definition) is 0. The van der Waals surface area contributed by atoms with E-state index in [2.05, 4.69) is 20.9 Å². The van der Waals surface area contributed by atoms with Crippen molar-refractivity contribution in [1.82, 2.24) is 14.9 Å². The van der Waals surface area contributed by atoms with Gasteiger partial charge in [-0.2, -0.15) is 0 Å². The third-order valence-corrected chi connectivity index (χ3v) is 5.93. The highest BCUT2D eigenvalue weighted by atomic mass is 35.5. The fraction of sp³-hybridized carbons (Fsp3) is 0.286. The Morgan fingerprint density at radius 2 is 1.93 bits per heavy atom. The zero-order chi connectivity index (χ0) is 19.3. The summed E-state index contributed by atoms with van der Waals surface area (Å²) >= 11 is 7.67. The Kier molecular flexibility index (Phi) is 5.88. The molecule has 0 saturated carbocycles. The molecule has 1 saturated heterocycles. The number of thiazole rings is 1. The van der Waals surface area contributed by atoms with Gasteiger partial charge in [0, 0.05) is 60.6 Å². The highest BCUT2D eigenvalue weighted by Crippen LogP contribution is 2.21. The molecule has 0 spiro atoms. The number of rotatable bonds is 5. The standard InChI is InChI=1S/C21H21ClN4OS/c22-16-4-3-6-19(12-16)25-8-10-26(11-9-25)21(27)14-18-15-28-20(24-18)13-17-5-1-2-7-23-17/h1-7,12,15H,8-11,13-14H2. The van der Waals surface area contributed by atoms with Crippen molar-refractivity contribution in [2.75, 3.05) is 31.1 Å². The van der Waals surface area contributed by atoms with Gasteiger partial charge in [0.15, 0.2) is 0 Å². The Labute approximate surface area is 173 Å². The maximum Gasteiger partial charge on any atom is 0.228 e. The molecule has 3 heterocycles. The second-order valence-corrected chi connectivity index (χ2v) is 8.13. The van der Waals surface area contributed by atoms with Crippen molar-refractivity contribution >= 4 is 34.5 Å². The van der Waals surface area contributed by atoms with Gasteiger partial charge in [-0.3, -0.25) is 9.78 Å². The minimum atomic E-state index is 0.139. The van der Waals surface area contributed by atoms with E-state index < -0.39 is 0 Å². The summed E-state index contributed by atoms with van der Waals surface area (Å²) < 4.78 is 0. The molecule has 1 aliphatic rings. The molecule has 0 bridgehead atoms. The number of amides is 1. The van der Waals surface area contributed by atoms with Crippen molar-refractivity contribution in [2.45, 2.75) is 12.8 Å². The third-order valence-electron chi connectivity index (χ3n) is 4.80. The van der Waals surface area contributed by atoms with Gasteiger partial charge in [0.1, 0.15) is 0 Å². The number of carbonyl (C=O) groups is 1. The molecule has 1 amide bonds. The number of piperazine rings is 1. The van der Waals surface area contributed by atoms with Crippen molar-refractivity contribution < 1.29 is 4.79 Å². The second kappa shape index (κ2) is 8.71. The number of pyridine rings is 1. The zero-order valence-electron chi connectivity index (χ0n) is 15.4. The quantitative estimate of drug-likeness (QED) is 0.641. The SMILES string of the molecule is O=C(Cc1csc(Cc2ccccn2)n1)N1CCN(c2cccc(Cl)c2)CC1. The summed E-state index contributed by atoms with van der Waals surface area (Å²) in [5, 5.41) is 3.71. The lowest BCUT2D eigenvalue weighted by atomic mass is 10.2. The van der Waals surface area contributed by atoms with E-state index in [-0.39, 0.29) is 5.91 Å². The maximum absolute atomic E-state index is 12.7. The van der Waals surface area contributed by atoms with Crippen LogP contribution in [0.15, 0.2) is 54.0 Å². The summed E-state index contributed by atoms with van der Waals surface area (Å²) in [4.78, 5) is 25.8. The molecule has 1 aromatic carbocycles. The molecule has 0 radical (unpaired) electrons. The van der Waals surface area contributed by atoms with Crippen molar-refractivity contribution in [3.8, 4) is 0 Å². The number of hydrogen-bond acceptors (Lipinski definition) is 5. The van der Waals surface area contributed by atoms with Gasteiger partial charge in [-0.15, -0.1) is 11.3 Å². The van der Waals surface area contributed by atoms with Crippen LogP contribution in [0.25, 0.3) is 0 Å². The summed E-state index contributed by atoms with van der Waals surface area (Å²) in [5.74, 6) is 0.139. The van der Waals surface area contributed by atoms with Crippen LogP contribution in [0.2, 0.25) is 5.02 Å². The summed E-state index contributed by atoms with van der Waals surface area (Å²) in [6.07, 6.45) is 2.85. The Morgan fingerprint density at radius 3 is 2.68 bits per heavy atom. The number of benzene rings is 1. The molecule has 7 heteroatoms. The van der Waals surface area contributed by atoms with Crippen LogP contribution in [-0.2, 0) is 17.6 Å². The molecule has 5 nitrogen and oxygen atoms in total. The van der Waals surface area contributed by atoms with Crippen molar-refractivity contribution in [3.63, 3.8) is 0 Å². The van der Waals surface area contributed by atoms with Gasteiger partial charge >= 0.3 is 0 Å². The Bertz CT molecular complexity index is 938. The first kappa shape index (κ1) is 18.9.